The average Bonchev–Trinajstić information content (AvgIpc) is 2.18. The zero-order valence-corrected chi connectivity index (χ0v) is 8.24. The average molecular weight is 199 g/mol. The molecule has 5 atom stereocenters. The van der Waals surface area contributed by atoms with Crippen LogP contribution < -0.4 is 0 Å². The molecule has 3 unspecified atom stereocenters. The first kappa shape index (κ1) is 11.3. The summed E-state index contributed by atoms with van der Waals surface area (Å²) in [5, 5.41) is 22.2. The van der Waals surface area contributed by atoms with E-state index in [4.69, 9.17) is 15.4 Å². The van der Waals surface area contributed by atoms with Crippen LogP contribution in [0.4, 0.5) is 0 Å². The molecule has 78 valence electrons. The molecular weight excluding hydrogens is 185 g/mol. The van der Waals surface area contributed by atoms with Gasteiger partial charge in [0.05, 0.1) is 18.8 Å². The van der Waals surface area contributed by atoms with E-state index in [9.17, 15) is 5.11 Å². The largest absolute Gasteiger partial charge is 0.394 e. The van der Waals surface area contributed by atoms with Gasteiger partial charge in [-0.2, -0.15) is 0 Å². The topological polar surface area (TPSA) is 98.5 Å². The summed E-state index contributed by atoms with van der Waals surface area (Å²) in [5.74, 6) is -0.0521. The molecule has 1 aliphatic rings. The van der Waals surface area contributed by atoms with Crippen LogP contribution in [0.2, 0.25) is 0 Å². The maximum atomic E-state index is 9.70. The molecule has 1 fully saturated rings. The van der Waals surface area contributed by atoms with Gasteiger partial charge in [-0.15, -0.1) is 0 Å². The van der Waals surface area contributed by atoms with E-state index in [1.807, 2.05) is 14.8 Å². The summed E-state index contributed by atoms with van der Waals surface area (Å²) in [7, 11) is 1.83. The lowest BCUT2D eigenvalue weighted by Gasteiger charge is -2.40. The number of nitrogens with zero attached hydrogens (tertiary/aromatic N) is 3. The fourth-order valence-corrected chi connectivity index (χ4v) is 1.67. The minimum atomic E-state index is -0.929. The fourth-order valence-electron chi connectivity index (χ4n) is 1.67. The minimum Gasteiger partial charge on any atom is -0.394 e. The van der Waals surface area contributed by atoms with Gasteiger partial charge in [-0.3, -0.25) is 0 Å². The minimum absolute atomic E-state index is 0.0521. The summed E-state index contributed by atoms with van der Waals surface area (Å²) in [6.45, 7) is 1.58. The summed E-state index contributed by atoms with van der Waals surface area (Å²) in [6.07, 6.45) is -1.58. The van der Waals surface area contributed by atoms with Gasteiger partial charge in [0, 0.05) is 10.9 Å². The highest BCUT2D eigenvalue weighted by atomic mass is 16.5. The normalized spacial score (nSPS) is 42.9. The van der Waals surface area contributed by atoms with E-state index < -0.39 is 18.2 Å². The van der Waals surface area contributed by atoms with E-state index in [0.717, 1.165) is 0 Å². The monoisotopic (exact) mass is 199 g/mol. The van der Waals surface area contributed by atoms with Crippen molar-refractivity contribution in [2.75, 3.05) is 6.61 Å². The number of hydrogen-bond acceptors (Lipinski definition) is 4. The first-order valence-corrected chi connectivity index (χ1v) is 4.60. The Balaban J connectivity index is 2.82. The van der Waals surface area contributed by atoms with Crippen molar-refractivity contribution in [1.82, 2.24) is 0 Å². The second-order valence-electron chi connectivity index (χ2n) is 3.61. The Bertz CT molecular complexity index is 246. The lowest BCUT2D eigenvalue weighted by Crippen LogP contribution is -2.54. The zero-order chi connectivity index (χ0) is 10.7. The molecule has 7 heteroatoms. The molecule has 0 saturated carbocycles. The quantitative estimate of drug-likeness (QED) is 0.258. The number of aliphatic hydroxyl groups excluding tert-OH is 2. The van der Waals surface area contributed by atoms with Gasteiger partial charge < -0.3 is 14.9 Å². The number of azide groups is 1. The van der Waals surface area contributed by atoms with E-state index in [2.05, 4.69) is 10.0 Å². The second kappa shape index (κ2) is 4.66. The predicted octanol–water partition coefficient (Wildman–Crippen LogP) is -0.987. The predicted molar refractivity (Wildman–Crippen MR) is 52.4 cm³/mol. The van der Waals surface area contributed by atoms with Gasteiger partial charge in [0.2, 0.25) is 0 Å². The molecular formula is C7H14BN3O3. The third-order valence-electron chi connectivity index (χ3n) is 2.76. The fraction of sp³-hybridized carbons (Fsp3) is 1.00. The van der Waals surface area contributed by atoms with Crippen molar-refractivity contribution in [3.05, 3.63) is 10.4 Å². The van der Waals surface area contributed by atoms with Gasteiger partial charge >= 0.3 is 0 Å². The van der Waals surface area contributed by atoms with Crippen LogP contribution >= 0.6 is 0 Å². The molecule has 1 heterocycles. The summed E-state index contributed by atoms with van der Waals surface area (Å²) in [5.41, 5.74) is 8.34. The number of ether oxygens (including phenoxy) is 1. The van der Waals surface area contributed by atoms with Gasteiger partial charge in [-0.25, -0.2) is 0 Å². The van der Waals surface area contributed by atoms with Crippen LogP contribution in [0.25, 0.3) is 10.4 Å². The SMILES string of the molecule is BC1OC(CO)[C@@H](O)C(N=[N+]=[N-])[C@@H]1C. The van der Waals surface area contributed by atoms with E-state index in [0.29, 0.717) is 0 Å². The Hall–Kier alpha value is -0.745. The third kappa shape index (κ3) is 2.01. The first-order valence-electron chi connectivity index (χ1n) is 4.60. The Morgan fingerprint density at radius 3 is 2.79 bits per heavy atom. The Morgan fingerprint density at radius 2 is 2.29 bits per heavy atom. The van der Waals surface area contributed by atoms with E-state index in [1.165, 1.54) is 0 Å². The zero-order valence-electron chi connectivity index (χ0n) is 8.24. The van der Waals surface area contributed by atoms with E-state index in [-0.39, 0.29) is 18.5 Å². The standard InChI is InChI=1S/C7H14BN3O3/c1-3-5(10-11-9)6(13)4(2-12)14-7(3)8/h3-7,12-13H,2,8H2,1H3/t3-,4?,5?,6+,7?/m0/s1. The molecule has 14 heavy (non-hydrogen) atoms. The van der Waals surface area contributed by atoms with Crippen LogP contribution in [0.1, 0.15) is 6.92 Å². The summed E-state index contributed by atoms with van der Waals surface area (Å²) < 4.78 is 5.35. The molecule has 1 aliphatic heterocycles. The van der Waals surface area contributed by atoms with Crippen molar-refractivity contribution < 1.29 is 14.9 Å². The molecule has 0 aliphatic carbocycles. The van der Waals surface area contributed by atoms with E-state index >= 15 is 0 Å². The van der Waals surface area contributed by atoms with Crippen LogP contribution in [-0.4, -0.2) is 48.9 Å². The Morgan fingerprint density at radius 1 is 1.64 bits per heavy atom. The van der Waals surface area contributed by atoms with E-state index in [1.54, 1.807) is 0 Å². The summed E-state index contributed by atoms with van der Waals surface area (Å²) >= 11 is 0. The summed E-state index contributed by atoms with van der Waals surface area (Å²) in [4.78, 5) is 2.69. The molecule has 1 saturated heterocycles. The van der Waals surface area contributed by atoms with Crippen LogP contribution in [-0.2, 0) is 4.74 Å². The van der Waals surface area contributed by atoms with Gasteiger partial charge in [0.1, 0.15) is 14.0 Å². The number of hydrogen-bond donors (Lipinski definition) is 2. The molecule has 1 rings (SSSR count). The lowest BCUT2D eigenvalue weighted by atomic mass is 9.78. The van der Waals surface area contributed by atoms with Gasteiger partial charge in [-0.1, -0.05) is 12.0 Å². The smallest absolute Gasteiger partial charge is 0.139 e. The van der Waals surface area contributed by atoms with Gasteiger partial charge in [-0.05, 0) is 11.4 Å². The molecule has 6 nitrogen and oxygen atoms in total. The van der Waals surface area contributed by atoms with Gasteiger partial charge in [0.25, 0.3) is 0 Å². The molecule has 0 bridgehead atoms. The van der Waals surface area contributed by atoms with Crippen LogP contribution in [0.3, 0.4) is 0 Å². The van der Waals surface area contributed by atoms with Crippen molar-refractivity contribution in [1.29, 1.82) is 0 Å². The lowest BCUT2D eigenvalue weighted by molar-refractivity contribution is -0.138. The highest BCUT2D eigenvalue weighted by Crippen LogP contribution is 2.26. The Kier molecular flexibility index (Phi) is 3.77. The molecule has 0 amide bonds. The highest BCUT2D eigenvalue weighted by Gasteiger charge is 2.40. The number of aliphatic hydroxyl groups is 2. The van der Waals surface area contributed by atoms with Crippen molar-refractivity contribution >= 4 is 7.85 Å². The molecule has 0 aromatic carbocycles. The van der Waals surface area contributed by atoms with Crippen molar-refractivity contribution in [2.45, 2.75) is 31.2 Å². The van der Waals surface area contributed by atoms with Crippen LogP contribution in [0, 0.1) is 5.92 Å². The second-order valence-corrected chi connectivity index (χ2v) is 3.61. The maximum Gasteiger partial charge on any atom is 0.139 e. The van der Waals surface area contributed by atoms with Crippen LogP contribution in [0.15, 0.2) is 5.11 Å². The molecule has 0 aromatic rings. The van der Waals surface area contributed by atoms with Crippen molar-refractivity contribution in [2.24, 2.45) is 11.0 Å². The molecule has 0 radical (unpaired) electrons. The molecule has 0 spiro atoms. The maximum absolute atomic E-state index is 9.70. The van der Waals surface area contributed by atoms with Crippen molar-refractivity contribution in [3.63, 3.8) is 0 Å². The van der Waals surface area contributed by atoms with Crippen LogP contribution in [0.5, 0.6) is 0 Å². The molecule has 2 N–H and O–H groups in total. The summed E-state index contributed by atoms with van der Waals surface area (Å²) in [6, 6.07) is -0.660. The highest BCUT2D eigenvalue weighted by molar-refractivity contribution is 6.11. The van der Waals surface area contributed by atoms with Crippen molar-refractivity contribution in [3.8, 4) is 0 Å². The first-order chi connectivity index (χ1) is 6.61. The Labute approximate surface area is 82.9 Å². The number of rotatable bonds is 2. The van der Waals surface area contributed by atoms with Gasteiger partial charge in [0.15, 0.2) is 0 Å². The third-order valence-corrected chi connectivity index (χ3v) is 2.76. The molecule has 0 aromatic heterocycles.